The number of allylic oxidation sites excluding steroid dienone is 2. The van der Waals surface area contributed by atoms with Gasteiger partial charge in [-0.25, -0.2) is 0 Å². The molecular weight excluding hydrogens is 747 g/mol. The molecule has 6 rings (SSSR count). The van der Waals surface area contributed by atoms with Crippen molar-refractivity contribution in [3.8, 4) is 22.3 Å². The van der Waals surface area contributed by atoms with Crippen molar-refractivity contribution in [2.24, 2.45) is 5.92 Å². The molecule has 257 valence electrons. The Morgan fingerprint density at radius 2 is 1.20 bits per heavy atom. The Morgan fingerprint density at radius 1 is 0.714 bits per heavy atom. The molecule has 0 saturated heterocycles. The number of hydrogen-bond donors (Lipinski definition) is 0. The molecule has 0 bridgehead atoms. The zero-order valence-corrected chi connectivity index (χ0v) is 37.6. The van der Waals surface area contributed by atoms with Crippen molar-refractivity contribution >= 4 is 48.4 Å². The fraction of sp³-hybridized carbons (Fsp3) is 0.364. The summed E-state index contributed by atoms with van der Waals surface area (Å²) in [5.74, 6) is -1.29. The molecule has 49 heavy (non-hydrogen) atoms. The molecule has 0 heterocycles. The number of halogens is 2. The third-order valence-corrected chi connectivity index (χ3v) is 65.5. The van der Waals surface area contributed by atoms with Crippen LogP contribution in [0.15, 0.2) is 96.1 Å². The van der Waals surface area contributed by atoms with Gasteiger partial charge in [-0.3, -0.25) is 0 Å². The first-order chi connectivity index (χ1) is 22.9. The molecule has 0 aromatic heterocycles. The van der Waals surface area contributed by atoms with Gasteiger partial charge in [0.15, 0.2) is 0 Å². The van der Waals surface area contributed by atoms with Crippen LogP contribution in [0.5, 0.6) is 0 Å². The molecule has 0 spiro atoms. The first-order valence-electron chi connectivity index (χ1n) is 18.3. The number of hydrogen-bond acceptors (Lipinski definition) is 0. The first kappa shape index (κ1) is 37.0. The molecule has 0 fully saturated rings. The standard InChI is InChI=1S/C22H25.C20H23Si.C2H7Si.2ClH.Zr/c1-15(2)18-13-17-7-6-8-20(21(17)14-18)16-9-11-19(12-10-16)22(3,4)5;1-5-15-13-17-7-6-8-19(20(17)14-15)16-9-11-18(12-10-16)21(2,3)4;1-3-2;;;/h6-15H,1-5H3;6-14H,5H2,1-4H3;3H,1-2H3;2*1H;/q;;;;;+2/p-2. The summed E-state index contributed by atoms with van der Waals surface area (Å²) in [6.45, 7) is 26.0. The van der Waals surface area contributed by atoms with E-state index in [-0.39, 0.29) is 12.7 Å². The second-order valence-corrected chi connectivity index (χ2v) is 65.0. The average Bonchev–Trinajstić information content (AvgIpc) is 3.65. The number of rotatable bonds is 8. The van der Waals surface area contributed by atoms with E-state index in [1.165, 1.54) is 66.4 Å². The Bertz CT molecular complexity index is 1950. The molecular formula is C44H55Cl2Si2Zr. The molecule has 0 nitrogen and oxygen atoms in total. The third kappa shape index (κ3) is 6.26. The van der Waals surface area contributed by atoms with Crippen LogP contribution in [0.25, 0.3) is 34.4 Å². The van der Waals surface area contributed by atoms with Gasteiger partial charge in [0.05, 0.1) is 0 Å². The van der Waals surface area contributed by atoms with Crippen molar-refractivity contribution in [1.29, 1.82) is 0 Å². The van der Waals surface area contributed by atoms with Crippen molar-refractivity contribution in [3.63, 3.8) is 0 Å². The van der Waals surface area contributed by atoms with Crippen LogP contribution >= 0.6 is 17.0 Å². The Kier molecular flexibility index (Phi) is 9.85. The van der Waals surface area contributed by atoms with Crippen molar-refractivity contribution in [2.75, 3.05) is 0 Å². The Labute approximate surface area is 306 Å². The van der Waals surface area contributed by atoms with Crippen LogP contribution in [0, 0.1) is 5.92 Å². The van der Waals surface area contributed by atoms with Crippen molar-refractivity contribution < 1.29 is 15.6 Å². The van der Waals surface area contributed by atoms with Gasteiger partial charge in [0.2, 0.25) is 0 Å². The van der Waals surface area contributed by atoms with Crippen LogP contribution in [0.2, 0.25) is 32.7 Å². The van der Waals surface area contributed by atoms with Gasteiger partial charge in [0.1, 0.15) is 0 Å². The van der Waals surface area contributed by atoms with Gasteiger partial charge in [-0.15, -0.1) is 0 Å². The molecule has 0 amide bonds. The van der Waals surface area contributed by atoms with E-state index < -0.39 is 29.6 Å². The second-order valence-electron chi connectivity index (χ2n) is 17.4. The Morgan fingerprint density at radius 3 is 1.65 bits per heavy atom. The van der Waals surface area contributed by atoms with Gasteiger partial charge < -0.3 is 0 Å². The van der Waals surface area contributed by atoms with Crippen LogP contribution < -0.4 is 5.19 Å². The quantitative estimate of drug-likeness (QED) is 0.156. The van der Waals surface area contributed by atoms with Gasteiger partial charge in [-0.1, -0.05) is 0 Å². The molecule has 5 heteroatoms. The minimum absolute atomic E-state index is 0.0887. The van der Waals surface area contributed by atoms with E-state index >= 15 is 0 Å². The van der Waals surface area contributed by atoms with Crippen LogP contribution in [0.1, 0.15) is 83.0 Å². The van der Waals surface area contributed by atoms with Gasteiger partial charge in [-0.05, 0) is 0 Å². The van der Waals surface area contributed by atoms with Crippen molar-refractivity contribution in [3.05, 3.63) is 124 Å². The fourth-order valence-corrected chi connectivity index (χ4v) is 41.4. The predicted octanol–water partition coefficient (Wildman–Crippen LogP) is 13.5. The molecule has 2 unspecified atom stereocenters. The van der Waals surface area contributed by atoms with E-state index in [0.29, 0.717) is 5.92 Å². The second kappa shape index (κ2) is 13.0. The van der Waals surface area contributed by atoms with Crippen LogP contribution in [-0.4, -0.2) is 14.0 Å². The van der Waals surface area contributed by atoms with E-state index in [1.54, 1.807) is 0 Å². The van der Waals surface area contributed by atoms with Gasteiger partial charge in [-0.2, -0.15) is 0 Å². The average molecular weight is 802 g/mol. The predicted molar refractivity (Wildman–Crippen MR) is 223 cm³/mol. The van der Waals surface area contributed by atoms with Crippen LogP contribution in [0.3, 0.4) is 0 Å². The molecule has 2 atom stereocenters. The maximum absolute atomic E-state index is 8.71. The van der Waals surface area contributed by atoms with E-state index in [0.717, 1.165) is 6.42 Å². The fourth-order valence-electron chi connectivity index (χ4n) is 8.60. The van der Waals surface area contributed by atoms with Gasteiger partial charge >= 0.3 is 309 Å². The summed E-state index contributed by atoms with van der Waals surface area (Å²) in [5, 5.41) is 1.49. The normalized spacial score (nSPS) is 18.6. The van der Waals surface area contributed by atoms with E-state index in [4.69, 9.17) is 17.0 Å². The summed E-state index contributed by atoms with van der Waals surface area (Å²) < 4.78 is 0.191. The summed E-state index contributed by atoms with van der Waals surface area (Å²) in [5.41, 5.74) is 14.9. The van der Waals surface area contributed by atoms with Crippen LogP contribution in [-0.2, 0) is 21.0 Å². The number of fused-ring (bicyclic) bond motifs is 2. The summed E-state index contributed by atoms with van der Waals surface area (Å²) in [6, 6.07) is 32.4. The van der Waals surface area contributed by atoms with E-state index in [9.17, 15) is 0 Å². The molecule has 2 aliphatic carbocycles. The van der Waals surface area contributed by atoms with Gasteiger partial charge in [0.25, 0.3) is 0 Å². The molecule has 0 aliphatic heterocycles. The Hall–Kier alpha value is -1.74. The zero-order chi connectivity index (χ0) is 35.7. The molecule has 0 radical (unpaired) electrons. The number of benzene rings is 4. The monoisotopic (exact) mass is 799 g/mol. The minimum atomic E-state index is -4.85. The molecule has 4 aromatic carbocycles. The summed E-state index contributed by atoms with van der Waals surface area (Å²) in [6.07, 6.45) is 5.94. The maximum atomic E-state index is 8.71. The molecule has 4 aromatic rings. The molecule has 0 N–H and O–H groups in total. The summed E-state index contributed by atoms with van der Waals surface area (Å²) in [4.78, 5) is 0. The van der Waals surface area contributed by atoms with Gasteiger partial charge in [0, 0.05) is 0 Å². The molecule has 0 saturated carbocycles. The first-order valence-corrected chi connectivity index (χ1v) is 38.2. The van der Waals surface area contributed by atoms with E-state index in [2.05, 4.69) is 171 Å². The van der Waals surface area contributed by atoms with Crippen LogP contribution in [0.4, 0.5) is 0 Å². The Balaban J connectivity index is 1.53. The summed E-state index contributed by atoms with van der Waals surface area (Å²) in [7, 11) is 16.0. The van der Waals surface area contributed by atoms with Crippen molar-refractivity contribution in [2.45, 2.75) is 93.4 Å². The van der Waals surface area contributed by atoms with Crippen molar-refractivity contribution in [1.82, 2.24) is 0 Å². The topological polar surface area (TPSA) is 0 Å². The molecule has 2 aliphatic rings. The SMILES string of the molecule is CCC1=Cc2c(-c3ccc([Si](C)(C)C)cc3)cccc2[CH]1[Zr]([Cl])([Cl])([CH]1C(C(C)C)=Cc2c(-c3ccc(C(C)(C)C)cc3)cccc21)[SiH](C)C. The zero-order valence-electron chi connectivity index (χ0n) is 31.5. The summed E-state index contributed by atoms with van der Waals surface area (Å²) >= 11 is -4.85. The third-order valence-electron chi connectivity index (χ3n) is 11.7. The van der Waals surface area contributed by atoms with E-state index in [1.807, 2.05) is 0 Å².